The summed E-state index contributed by atoms with van der Waals surface area (Å²) in [6.07, 6.45) is 63.0. The van der Waals surface area contributed by atoms with Crippen LogP contribution in [0.25, 0.3) is 0 Å². The Hall–Kier alpha value is -4.45. The summed E-state index contributed by atoms with van der Waals surface area (Å²) in [5, 5.41) is 0. The zero-order valence-corrected chi connectivity index (χ0v) is 36.5. The van der Waals surface area contributed by atoms with Crippen LogP contribution < -0.4 is 0 Å². The van der Waals surface area contributed by atoms with Gasteiger partial charge in [0.05, 0.1) is 0 Å². The van der Waals surface area contributed by atoms with Gasteiger partial charge in [0, 0.05) is 19.3 Å². The van der Waals surface area contributed by atoms with Crippen molar-refractivity contribution in [3.8, 4) is 0 Å². The molecule has 0 N–H and O–H groups in total. The summed E-state index contributed by atoms with van der Waals surface area (Å²) in [5.74, 6) is -1.07. The molecule has 0 aliphatic rings. The molecule has 0 aromatic rings. The first kappa shape index (κ1) is 53.6. The molecule has 0 fully saturated rings. The summed E-state index contributed by atoms with van der Waals surface area (Å²) in [4.78, 5) is 37.7. The van der Waals surface area contributed by atoms with E-state index < -0.39 is 6.10 Å². The highest BCUT2D eigenvalue weighted by atomic mass is 16.6. The molecule has 0 aliphatic carbocycles. The molecule has 0 amide bonds. The maximum atomic E-state index is 12.7. The Kier molecular flexibility index (Phi) is 41.8. The Labute approximate surface area is 354 Å². The molecule has 0 saturated carbocycles. The average Bonchev–Trinajstić information content (AvgIpc) is 3.22. The van der Waals surface area contributed by atoms with Gasteiger partial charge in [-0.1, -0.05) is 167 Å². The van der Waals surface area contributed by atoms with E-state index in [1.807, 2.05) is 36.5 Å². The van der Waals surface area contributed by atoms with Crippen molar-refractivity contribution < 1.29 is 28.6 Å². The first-order valence-corrected chi connectivity index (χ1v) is 22.2. The molecule has 6 nitrogen and oxygen atoms in total. The number of rotatable bonds is 37. The fraction of sp³-hybridized carbons (Fsp3) is 0.519. The van der Waals surface area contributed by atoms with E-state index in [2.05, 4.69) is 118 Å². The van der Waals surface area contributed by atoms with Gasteiger partial charge >= 0.3 is 17.9 Å². The normalized spacial score (nSPS) is 13.4. The highest BCUT2D eigenvalue weighted by Gasteiger charge is 2.19. The number of allylic oxidation sites excluding steroid dienone is 22. The van der Waals surface area contributed by atoms with Crippen LogP contribution in [0.2, 0.25) is 0 Å². The van der Waals surface area contributed by atoms with Gasteiger partial charge in [-0.3, -0.25) is 14.4 Å². The van der Waals surface area contributed by atoms with Crippen molar-refractivity contribution >= 4 is 17.9 Å². The summed E-state index contributed by atoms with van der Waals surface area (Å²) >= 11 is 0. The fourth-order valence-electron chi connectivity index (χ4n) is 5.23. The van der Waals surface area contributed by atoms with Crippen LogP contribution in [0.5, 0.6) is 0 Å². The van der Waals surface area contributed by atoms with Gasteiger partial charge in [-0.05, 0) is 103 Å². The number of carbonyl (C=O) groups is 3. The number of hydrogen-bond donors (Lipinski definition) is 0. The molecule has 0 bridgehead atoms. The monoisotopic (exact) mass is 799 g/mol. The van der Waals surface area contributed by atoms with Crippen LogP contribution in [0.15, 0.2) is 134 Å². The molecule has 0 saturated heterocycles. The Morgan fingerprint density at radius 2 is 0.724 bits per heavy atom. The predicted octanol–water partition coefficient (Wildman–Crippen LogP) is 14.4. The molecule has 0 aliphatic heterocycles. The van der Waals surface area contributed by atoms with Crippen molar-refractivity contribution in [3.63, 3.8) is 0 Å². The third kappa shape index (κ3) is 42.7. The van der Waals surface area contributed by atoms with E-state index in [1.165, 1.54) is 0 Å². The van der Waals surface area contributed by atoms with Crippen LogP contribution >= 0.6 is 0 Å². The third-order valence-electron chi connectivity index (χ3n) is 8.48. The second-order valence-electron chi connectivity index (χ2n) is 13.9. The van der Waals surface area contributed by atoms with Crippen molar-refractivity contribution in [1.82, 2.24) is 0 Å². The van der Waals surface area contributed by atoms with Crippen LogP contribution in [0.3, 0.4) is 0 Å². The number of unbranched alkanes of at least 4 members (excludes halogenated alkanes) is 7. The van der Waals surface area contributed by atoms with E-state index >= 15 is 0 Å². The van der Waals surface area contributed by atoms with Crippen LogP contribution in [0.4, 0.5) is 0 Å². The Bertz CT molecular complexity index is 1330. The number of carbonyl (C=O) groups excluding carboxylic acids is 3. The average molecular weight is 799 g/mol. The molecule has 322 valence electrons. The van der Waals surface area contributed by atoms with Crippen LogP contribution in [-0.2, 0) is 28.6 Å². The summed E-state index contributed by atoms with van der Waals surface area (Å²) < 4.78 is 16.6. The standard InChI is InChI=1S/C52H78O6/c1-4-7-10-13-16-19-22-24-25-26-28-30-33-36-39-42-45-51(54)57-48-49(47-56-50(53)44-41-38-35-32-29-21-18-15-12-9-6-3)58-52(55)46-43-40-37-34-31-27-23-20-17-14-11-8-5-2/h7-12,14,16-21,23-25,27-28,30-32,35,49H,4-6,13,15,22,26,29,33-34,36-48H2,1-3H3/b10-7-,11-8-,12-9-,17-14-,19-16-,21-18-,23-20-,25-24-,30-28-,31-27-,35-32-. The quantitative estimate of drug-likeness (QED) is 0.0205. The molecule has 0 aromatic heterocycles. The van der Waals surface area contributed by atoms with Gasteiger partial charge in [-0.2, -0.15) is 0 Å². The highest BCUT2D eigenvalue weighted by molar-refractivity contribution is 5.71. The smallest absolute Gasteiger partial charge is 0.306 e. The Balaban J connectivity index is 4.59. The van der Waals surface area contributed by atoms with E-state index in [0.717, 1.165) is 103 Å². The number of hydrogen-bond acceptors (Lipinski definition) is 6. The second kappa shape index (κ2) is 45.3. The van der Waals surface area contributed by atoms with E-state index in [0.29, 0.717) is 19.3 Å². The molecule has 1 atom stereocenters. The first-order valence-electron chi connectivity index (χ1n) is 22.2. The van der Waals surface area contributed by atoms with E-state index in [-0.39, 0.29) is 44.0 Å². The molecule has 0 radical (unpaired) electrons. The first-order chi connectivity index (χ1) is 28.5. The van der Waals surface area contributed by atoms with Crippen molar-refractivity contribution in [1.29, 1.82) is 0 Å². The zero-order chi connectivity index (χ0) is 42.3. The number of ether oxygens (including phenoxy) is 3. The van der Waals surface area contributed by atoms with Gasteiger partial charge in [0.15, 0.2) is 6.10 Å². The molecule has 0 aromatic carbocycles. The van der Waals surface area contributed by atoms with Gasteiger partial charge in [-0.15, -0.1) is 0 Å². The largest absolute Gasteiger partial charge is 0.462 e. The minimum atomic E-state index is -0.835. The molecular weight excluding hydrogens is 721 g/mol. The van der Waals surface area contributed by atoms with Gasteiger partial charge < -0.3 is 14.2 Å². The van der Waals surface area contributed by atoms with Gasteiger partial charge in [0.2, 0.25) is 0 Å². The van der Waals surface area contributed by atoms with Crippen molar-refractivity contribution in [3.05, 3.63) is 134 Å². The van der Waals surface area contributed by atoms with Crippen molar-refractivity contribution in [2.45, 2.75) is 162 Å². The lowest BCUT2D eigenvalue weighted by Crippen LogP contribution is -2.30. The maximum absolute atomic E-state index is 12.7. The van der Waals surface area contributed by atoms with Crippen LogP contribution in [0.1, 0.15) is 156 Å². The van der Waals surface area contributed by atoms with Crippen LogP contribution in [-0.4, -0.2) is 37.2 Å². The van der Waals surface area contributed by atoms with Gasteiger partial charge in [-0.25, -0.2) is 0 Å². The van der Waals surface area contributed by atoms with E-state index in [9.17, 15) is 14.4 Å². The minimum Gasteiger partial charge on any atom is -0.462 e. The molecule has 1 unspecified atom stereocenters. The van der Waals surface area contributed by atoms with Crippen LogP contribution in [0, 0.1) is 0 Å². The van der Waals surface area contributed by atoms with Crippen molar-refractivity contribution in [2.24, 2.45) is 0 Å². The second-order valence-corrected chi connectivity index (χ2v) is 13.9. The lowest BCUT2D eigenvalue weighted by molar-refractivity contribution is -0.167. The maximum Gasteiger partial charge on any atom is 0.306 e. The lowest BCUT2D eigenvalue weighted by Gasteiger charge is -2.18. The molecule has 6 heteroatoms. The summed E-state index contributed by atoms with van der Waals surface area (Å²) in [7, 11) is 0. The summed E-state index contributed by atoms with van der Waals surface area (Å²) in [6, 6.07) is 0. The van der Waals surface area contributed by atoms with E-state index in [1.54, 1.807) is 0 Å². The zero-order valence-electron chi connectivity index (χ0n) is 36.5. The topological polar surface area (TPSA) is 78.9 Å². The number of esters is 3. The molecule has 0 rings (SSSR count). The molecular formula is C52H78O6. The van der Waals surface area contributed by atoms with Gasteiger partial charge in [0.1, 0.15) is 13.2 Å². The molecule has 58 heavy (non-hydrogen) atoms. The predicted molar refractivity (Wildman–Crippen MR) is 246 cm³/mol. The lowest BCUT2D eigenvalue weighted by atomic mass is 10.1. The molecule has 0 spiro atoms. The third-order valence-corrected chi connectivity index (χ3v) is 8.48. The van der Waals surface area contributed by atoms with Gasteiger partial charge in [0.25, 0.3) is 0 Å². The summed E-state index contributed by atoms with van der Waals surface area (Å²) in [6.45, 7) is 6.11. The molecule has 0 heterocycles. The Morgan fingerprint density at radius 3 is 1.21 bits per heavy atom. The summed E-state index contributed by atoms with van der Waals surface area (Å²) in [5.41, 5.74) is 0. The van der Waals surface area contributed by atoms with Crippen molar-refractivity contribution in [2.75, 3.05) is 13.2 Å². The highest BCUT2D eigenvalue weighted by Crippen LogP contribution is 2.10. The SMILES string of the molecule is CC\C=C/C=C\C=C/C=C\CCCCCC(=O)OC(COC(=O)CCC/C=C\C/C=C\C/C=C\CC)COC(=O)CCCCC/C=C\C/C=C\C/C=C\C/C=C\CC. The fourth-order valence-corrected chi connectivity index (χ4v) is 5.23. The minimum absolute atomic E-state index is 0.132. The van der Waals surface area contributed by atoms with E-state index in [4.69, 9.17) is 14.2 Å². The Morgan fingerprint density at radius 1 is 0.362 bits per heavy atom.